The number of nitrogens with zero attached hydrogens (tertiary/aromatic N) is 3. The van der Waals surface area contributed by atoms with Crippen LogP contribution in [0.3, 0.4) is 0 Å². The van der Waals surface area contributed by atoms with Gasteiger partial charge in [0.2, 0.25) is 10.0 Å². The van der Waals surface area contributed by atoms with Gasteiger partial charge < -0.3 is 0 Å². The second-order valence-electron chi connectivity index (χ2n) is 5.38. The highest BCUT2D eigenvalue weighted by Crippen LogP contribution is 2.30. The molecular formula is C14H18N4O2S. The summed E-state index contributed by atoms with van der Waals surface area (Å²) in [7, 11) is -3.07. The minimum atomic E-state index is -3.07. The first kappa shape index (κ1) is 14.2. The Hall–Kier alpha value is -1.73. The number of piperidine rings is 1. The molecule has 0 saturated carbocycles. The lowest BCUT2D eigenvalue weighted by Crippen LogP contribution is -2.37. The Morgan fingerprint density at radius 2 is 2.00 bits per heavy atom. The molecule has 0 spiro atoms. The molecule has 3 heterocycles. The third-order valence-electron chi connectivity index (χ3n) is 3.96. The van der Waals surface area contributed by atoms with Crippen molar-refractivity contribution in [3.63, 3.8) is 0 Å². The normalized spacial score (nSPS) is 18.0. The molecule has 1 N–H and O–H groups in total. The van der Waals surface area contributed by atoms with E-state index in [1.807, 2.05) is 12.1 Å². The Labute approximate surface area is 124 Å². The van der Waals surface area contributed by atoms with Crippen LogP contribution in [0.15, 0.2) is 30.6 Å². The van der Waals surface area contributed by atoms with E-state index in [-0.39, 0.29) is 0 Å². The van der Waals surface area contributed by atoms with Crippen molar-refractivity contribution in [1.29, 1.82) is 0 Å². The molecular weight excluding hydrogens is 288 g/mol. The molecule has 0 atom stereocenters. The highest BCUT2D eigenvalue weighted by molar-refractivity contribution is 7.88. The van der Waals surface area contributed by atoms with Crippen molar-refractivity contribution in [3.8, 4) is 11.4 Å². The zero-order chi connectivity index (χ0) is 14.9. The summed E-state index contributed by atoms with van der Waals surface area (Å²) < 4.78 is 24.6. The number of aromatic nitrogens is 3. The van der Waals surface area contributed by atoms with E-state index in [0.29, 0.717) is 19.0 Å². The number of sulfonamides is 1. The van der Waals surface area contributed by atoms with E-state index in [0.717, 1.165) is 24.2 Å². The van der Waals surface area contributed by atoms with Crippen LogP contribution in [0.2, 0.25) is 0 Å². The summed E-state index contributed by atoms with van der Waals surface area (Å²) in [4.78, 5) is 4.35. The van der Waals surface area contributed by atoms with Crippen LogP contribution in [0, 0.1) is 0 Å². The average Bonchev–Trinajstić information content (AvgIpc) is 3.01. The fourth-order valence-corrected chi connectivity index (χ4v) is 3.64. The summed E-state index contributed by atoms with van der Waals surface area (Å²) in [6.45, 7) is 1.18. The van der Waals surface area contributed by atoms with Crippen LogP contribution in [0.25, 0.3) is 11.4 Å². The number of nitrogens with one attached hydrogen (secondary N) is 1. The summed E-state index contributed by atoms with van der Waals surface area (Å²) in [6, 6.07) is 5.97. The fourth-order valence-electron chi connectivity index (χ4n) is 2.77. The molecule has 2 aromatic rings. The molecule has 1 aliphatic heterocycles. The maximum atomic E-state index is 11.5. The largest absolute Gasteiger partial charge is 0.276 e. The van der Waals surface area contributed by atoms with Crippen molar-refractivity contribution in [2.75, 3.05) is 19.3 Å². The zero-order valence-electron chi connectivity index (χ0n) is 11.9. The van der Waals surface area contributed by atoms with E-state index in [9.17, 15) is 8.42 Å². The lowest BCUT2D eigenvalue weighted by molar-refractivity contribution is 0.321. The number of H-pyrrole nitrogens is 1. The van der Waals surface area contributed by atoms with E-state index >= 15 is 0 Å². The van der Waals surface area contributed by atoms with Gasteiger partial charge in [0.1, 0.15) is 0 Å². The van der Waals surface area contributed by atoms with E-state index in [1.54, 1.807) is 16.7 Å². The molecule has 0 aliphatic carbocycles. The van der Waals surface area contributed by atoms with Crippen LogP contribution in [-0.4, -0.2) is 47.2 Å². The molecule has 0 bridgehead atoms. The SMILES string of the molecule is CS(=O)(=O)N1CCC(c2ccnc(-c3ccn[nH]3)c2)CC1. The summed E-state index contributed by atoms with van der Waals surface area (Å²) >= 11 is 0. The Morgan fingerprint density at radius 3 is 2.62 bits per heavy atom. The molecule has 21 heavy (non-hydrogen) atoms. The van der Waals surface area contributed by atoms with Crippen molar-refractivity contribution in [2.24, 2.45) is 0 Å². The van der Waals surface area contributed by atoms with Crippen LogP contribution in [0.1, 0.15) is 24.3 Å². The molecule has 1 aliphatic rings. The third-order valence-corrected chi connectivity index (χ3v) is 5.26. The van der Waals surface area contributed by atoms with Crippen molar-refractivity contribution >= 4 is 10.0 Å². The molecule has 6 nitrogen and oxygen atoms in total. The van der Waals surface area contributed by atoms with Gasteiger partial charge in [0, 0.05) is 25.5 Å². The minimum Gasteiger partial charge on any atom is -0.276 e. The summed E-state index contributed by atoms with van der Waals surface area (Å²) in [6.07, 6.45) is 6.47. The standard InChI is InChI=1S/C14H18N4O2S/c1-21(19,20)18-8-4-11(5-9-18)12-2-6-15-14(10-12)13-3-7-16-17-13/h2-3,6-7,10-11H,4-5,8-9H2,1H3,(H,16,17). The topological polar surface area (TPSA) is 79.0 Å². The Kier molecular flexibility index (Phi) is 3.77. The van der Waals surface area contributed by atoms with Crippen LogP contribution in [0.4, 0.5) is 0 Å². The Bertz CT molecular complexity index is 704. The first-order valence-corrected chi connectivity index (χ1v) is 8.80. The summed E-state index contributed by atoms with van der Waals surface area (Å²) in [5, 5.41) is 6.85. The Morgan fingerprint density at radius 1 is 1.24 bits per heavy atom. The molecule has 0 unspecified atom stereocenters. The van der Waals surface area contributed by atoms with Gasteiger partial charge in [0.25, 0.3) is 0 Å². The zero-order valence-corrected chi connectivity index (χ0v) is 12.7. The lowest BCUT2D eigenvalue weighted by atomic mass is 9.90. The maximum absolute atomic E-state index is 11.5. The van der Waals surface area contributed by atoms with Crippen LogP contribution in [0.5, 0.6) is 0 Å². The second-order valence-corrected chi connectivity index (χ2v) is 7.36. The highest BCUT2D eigenvalue weighted by atomic mass is 32.2. The van der Waals surface area contributed by atoms with E-state index < -0.39 is 10.0 Å². The number of aromatic amines is 1. The van der Waals surface area contributed by atoms with Gasteiger partial charge in [-0.25, -0.2) is 12.7 Å². The van der Waals surface area contributed by atoms with Crippen molar-refractivity contribution in [3.05, 3.63) is 36.2 Å². The highest BCUT2D eigenvalue weighted by Gasteiger charge is 2.25. The van der Waals surface area contributed by atoms with Crippen LogP contribution >= 0.6 is 0 Å². The third kappa shape index (κ3) is 3.14. The van der Waals surface area contributed by atoms with Gasteiger partial charge in [0.05, 0.1) is 17.6 Å². The van der Waals surface area contributed by atoms with Gasteiger partial charge in [-0.2, -0.15) is 5.10 Å². The monoisotopic (exact) mass is 306 g/mol. The summed E-state index contributed by atoms with van der Waals surface area (Å²) in [5.74, 6) is 0.382. The van der Waals surface area contributed by atoms with Gasteiger partial charge in [-0.3, -0.25) is 10.1 Å². The average molecular weight is 306 g/mol. The quantitative estimate of drug-likeness (QED) is 0.934. The maximum Gasteiger partial charge on any atom is 0.211 e. The number of hydrogen-bond acceptors (Lipinski definition) is 4. The molecule has 0 aromatic carbocycles. The van der Waals surface area contributed by atoms with Gasteiger partial charge in [0.15, 0.2) is 0 Å². The number of rotatable bonds is 3. The van der Waals surface area contributed by atoms with Gasteiger partial charge in [-0.15, -0.1) is 0 Å². The predicted molar refractivity (Wildman–Crippen MR) is 80.2 cm³/mol. The van der Waals surface area contributed by atoms with Crippen molar-refractivity contribution in [2.45, 2.75) is 18.8 Å². The molecule has 0 radical (unpaired) electrons. The van der Waals surface area contributed by atoms with Crippen molar-refractivity contribution in [1.82, 2.24) is 19.5 Å². The smallest absolute Gasteiger partial charge is 0.211 e. The molecule has 2 aromatic heterocycles. The predicted octanol–water partition coefficient (Wildman–Crippen LogP) is 1.61. The molecule has 112 valence electrons. The second kappa shape index (κ2) is 5.57. The van der Waals surface area contributed by atoms with Crippen LogP contribution < -0.4 is 0 Å². The van der Waals surface area contributed by atoms with Crippen LogP contribution in [-0.2, 0) is 10.0 Å². The van der Waals surface area contributed by atoms with Gasteiger partial charge >= 0.3 is 0 Å². The summed E-state index contributed by atoms with van der Waals surface area (Å²) in [5.41, 5.74) is 2.98. The number of pyridine rings is 1. The first-order chi connectivity index (χ1) is 10.0. The molecule has 7 heteroatoms. The Balaban J connectivity index is 1.76. The first-order valence-electron chi connectivity index (χ1n) is 6.95. The molecule has 0 amide bonds. The van der Waals surface area contributed by atoms with E-state index in [4.69, 9.17) is 0 Å². The minimum absolute atomic E-state index is 0.382. The lowest BCUT2D eigenvalue weighted by Gasteiger charge is -2.30. The molecule has 3 rings (SSSR count). The van der Waals surface area contributed by atoms with Gasteiger partial charge in [-0.05, 0) is 42.5 Å². The molecule has 1 fully saturated rings. The van der Waals surface area contributed by atoms with E-state index in [1.165, 1.54) is 11.8 Å². The van der Waals surface area contributed by atoms with E-state index in [2.05, 4.69) is 21.2 Å². The molecule has 1 saturated heterocycles. The van der Waals surface area contributed by atoms with Crippen molar-refractivity contribution < 1.29 is 8.42 Å². The fraction of sp³-hybridized carbons (Fsp3) is 0.429. The van der Waals surface area contributed by atoms with Gasteiger partial charge in [-0.1, -0.05) is 0 Å². The number of hydrogen-bond donors (Lipinski definition) is 1.